The van der Waals surface area contributed by atoms with Crippen LogP contribution in [-0.2, 0) is 24.6 Å². The molecule has 20 heavy (non-hydrogen) atoms. The highest BCUT2D eigenvalue weighted by molar-refractivity contribution is 5.84. The number of ether oxygens (including phenoxy) is 1. The molecule has 0 saturated heterocycles. The summed E-state index contributed by atoms with van der Waals surface area (Å²) in [6, 6.07) is 8.26. The van der Waals surface area contributed by atoms with Gasteiger partial charge in [-0.15, -0.1) is 5.10 Å². The Hall–Kier alpha value is -2.17. The van der Waals surface area contributed by atoms with Crippen molar-refractivity contribution in [2.75, 3.05) is 6.61 Å². The number of nitrogens with zero attached hydrogens (tertiary/aromatic N) is 3. The number of esters is 1. The number of aryl methyl sites for hydroxylation is 4. The molecule has 0 N–H and O–H groups in total. The first-order valence-corrected chi connectivity index (χ1v) is 6.73. The van der Waals surface area contributed by atoms with Gasteiger partial charge in [0.05, 0.1) is 6.61 Å². The zero-order valence-corrected chi connectivity index (χ0v) is 12.1. The van der Waals surface area contributed by atoms with E-state index in [-0.39, 0.29) is 5.82 Å². The molecule has 0 atom stereocenters. The van der Waals surface area contributed by atoms with E-state index in [1.807, 2.05) is 12.1 Å². The number of rotatable bonds is 5. The van der Waals surface area contributed by atoms with E-state index in [1.54, 1.807) is 18.7 Å². The summed E-state index contributed by atoms with van der Waals surface area (Å²) in [6.07, 6.45) is 1.62. The molecule has 0 unspecified atom stereocenters. The van der Waals surface area contributed by atoms with E-state index in [4.69, 9.17) is 4.74 Å². The van der Waals surface area contributed by atoms with Gasteiger partial charge in [-0.1, -0.05) is 24.3 Å². The van der Waals surface area contributed by atoms with Gasteiger partial charge >= 0.3 is 5.97 Å². The molecule has 1 aromatic heterocycles. The van der Waals surface area contributed by atoms with E-state index in [2.05, 4.69) is 29.1 Å². The highest BCUT2D eigenvalue weighted by atomic mass is 16.5. The van der Waals surface area contributed by atoms with Gasteiger partial charge in [0.15, 0.2) is 0 Å². The third kappa shape index (κ3) is 3.23. The van der Waals surface area contributed by atoms with Crippen molar-refractivity contribution >= 4 is 5.97 Å². The summed E-state index contributed by atoms with van der Waals surface area (Å²) in [6.45, 7) is 4.19. The summed E-state index contributed by atoms with van der Waals surface area (Å²) < 4.78 is 6.54. The first-order valence-electron chi connectivity index (χ1n) is 6.73. The first kappa shape index (κ1) is 14.2. The SMILES string of the molecule is CCOC(=O)c1nc(CCc2ccccc2C)n(C)n1. The molecule has 2 rings (SSSR count). The minimum Gasteiger partial charge on any atom is -0.460 e. The van der Waals surface area contributed by atoms with E-state index in [0.717, 1.165) is 18.7 Å². The third-order valence-electron chi connectivity index (χ3n) is 3.19. The highest BCUT2D eigenvalue weighted by Crippen LogP contribution is 2.10. The molecule has 5 heteroatoms. The molecular formula is C15H19N3O2. The fourth-order valence-corrected chi connectivity index (χ4v) is 2.05. The van der Waals surface area contributed by atoms with Crippen molar-refractivity contribution in [1.29, 1.82) is 0 Å². The van der Waals surface area contributed by atoms with E-state index in [0.29, 0.717) is 6.61 Å². The fraction of sp³-hybridized carbons (Fsp3) is 0.400. The average Bonchev–Trinajstić information content (AvgIpc) is 2.80. The minimum absolute atomic E-state index is 0.133. The number of hydrogen-bond donors (Lipinski definition) is 0. The van der Waals surface area contributed by atoms with Crippen LogP contribution in [-0.4, -0.2) is 27.3 Å². The monoisotopic (exact) mass is 273 g/mol. The lowest BCUT2D eigenvalue weighted by atomic mass is 10.0. The zero-order valence-electron chi connectivity index (χ0n) is 12.1. The van der Waals surface area contributed by atoms with Gasteiger partial charge < -0.3 is 4.74 Å². The lowest BCUT2D eigenvalue weighted by Crippen LogP contribution is -2.07. The Bertz CT molecular complexity index is 605. The van der Waals surface area contributed by atoms with Crippen molar-refractivity contribution in [1.82, 2.24) is 14.8 Å². The number of hydrogen-bond acceptors (Lipinski definition) is 4. The summed E-state index contributed by atoms with van der Waals surface area (Å²) in [5.74, 6) is 0.454. The maximum Gasteiger partial charge on any atom is 0.378 e. The van der Waals surface area contributed by atoms with E-state index in [9.17, 15) is 4.79 Å². The molecule has 0 aliphatic carbocycles. The van der Waals surface area contributed by atoms with Gasteiger partial charge in [0, 0.05) is 13.5 Å². The number of carbonyl (C=O) groups is 1. The standard InChI is InChI=1S/C15H19N3O2/c1-4-20-15(19)14-16-13(18(3)17-14)10-9-12-8-6-5-7-11(12)2/h5-8H,4,9-10H2,1-3H3. The van der Waals surface area contributed by atoms with Crippen LogP contribution in [0, 0.1) is 6.92 Å². The molecule has 1 heterocycles. The van der Waals surface area contributed by atoms with Crippen LogP contribution in [0.1, 0.15) is 34.5 Å². The predicted octanol–water partition coefficient (Wildman–Crippen LogP) is 2.09. The molecule has 0 spiro atoms. The van der Waals surface area contributed by atoms with Crippen molar-refractivity contribution in [3.63, 3.8) is 0 Å². The molecule has 0 fully saturated rings. The number of carbonyl (C=O) groups excluding carboxylic acids is 1. The Morgan fingerprint density at radius 1 is 1.30 bits per heavy atom. The third-order valence-corrected chi connectivity index (χ3v) is 3.19. The van der Waals surface area contributed by atoms with Crippen molar-refractivity contribution in [2.45, 2.75) is 26.7 Å². The van der Waals surface area contributed by atoms with Crippen LogP contribution in [0.2, 0.25) is 0 Å². The van der Waals surface area contributed by atoms with E-state index < -0.39 is 5.97 Å². The van der Waals surface area contributed by atoms with Crippen molar-refractivity contribution in [3.8, 4) is 0 Å². The van der Waals surface area contributed by atoms with Crippen LogP contribution in [0.5, 0.6) is 0 Å². The molecule has 0 aliphatic heterocycles. The van der Waals surface area contributed by atoms with Gasteiger partial charge in [0.25, 0.3) is 5.82 Å². The summed E-state index contributed by atoms with van der Waals surface area (Å²) >= 11 is 0. The Morgan fingerprint density at radius 3 is 2.75 bits per heavy atom. The fourth-order valence-electron chi connectivity index (χ4n) is 2.05. The lowest BCUT2D eigenvalue weighted by Gasteiger charge is -2.04. The van der Waals surface area contributed by atoms with Crippen LogP contribution >= 0.6 is 0 Å². The van der Waals surface area contributed by atoms with Gasteiger partial charge in [0.1, 0.15) is 5.82 Å². The second-order valence-corrected chi connectivity index (χ2v) is 4.62. The van der Waals surface area contributed by atoms with Crippen LogP contribution in [0.4, 0.5) is 0 Å². The quantitative estimate of drug-likeness (QED) is 0.783. The topological polar surface area (TPSA) is 57.0 Å². The molecule has 0 radical (unpaired) electrons. The smallest absolute Gasteiger partial charge is 0.378 e. The predicted molar refractivity (Wildman–Crippen MR) is 75.5 cm³/mol. The molecule has 106 valence electrons. The Morgan fingerprint density at radius 2 is 2.05 bits per heavy atom. The summed E-state index contributed by atoms with van der Waals surface area (Å²) in [5, 5.41) is 4.09. The lowest BCUT2D eigenvalue weighted by molar-refractivity contribution is 0.0512. The molecular weight excluding hydrogens is 254 g/mol. The van der Waals surface area contributed by atoms with Crippen molar-refractivity contribution in [3.05, 3.63) is 47.0 Å². The zero-order chi connectivity index (χ0) is 14.5. The first-order chi connectivity index (χ1) is 9.61. The molecule has 2 aromatic rings. The summed E-state index contributed by atoms with van der Waals surface area (Å²) in [4.78, 5) is 15.8. The molecule has 1 aromatic carbocycles. The molecule has 0 bridgehead atoms. The Kier molecular flexibility index (Phi) is 4.50. The van der Waals surface area contributed by atoms with Crippen LogP contribution in [0.3, 0.4) is 0 Å². The Labute approximate surface area is 118 Å². The van der Waals surface area contributed by atoms with E-state index >= 15 is 0 Å². The maximum atomic E-state index is 11.6. The van der Waals surface area contributed by atoms with Gasteiger partial charge in [-0.3, -0.25) is 4.68 Å². The molecule has 5 nitrogen and oxygen atoms in total. The molecule has 0 amide bonds. The molecule has 0 aliphatic rings. The molecule has 0 saturated carbocycles. The van der Waals surface area contributed by atoms with Gasteiger partial charge in [-0.2, -0.15) is 0 Å². The minimum atomic E-state index is -0.467. The largest absolute Gasteiger partial charge is 0.460 e. The Balaban J connectivity index is 2.07. The summed E-state index contributed by atoms with van der Waals surface area (Å²) in [7, 11) is 1.79. The van der Waals surface area contributed by atoms with Crippen LogP contribution in [0.15, 0.2) is 24.3 Å². The second-order valence-electron chi connectivity index (χ2n) is 4.62. The normalized spacial score (nSPS) is 10.6. The maximum absolute atomic E-state index is 11.6. The highest BCUT2D eigenvalue weighted by Gasteiger charge is 2.15. The number of benzene rings is 1. The van der Waals surface area contributed by atoms with Gasteiger partial charge in [-0.25, -0.2) is 9.78 Å². The van der Waals surface area contributed by atoms with Crippen LogP contribution in [0.25, 0.3) is 0 Å². The summed E-state index contributed by atoms with van der Waals surface area (Å²) in [5.41, 5.74) is 2.55. The van der Waals surface area contributed by atoms with Crippen LogP contribution < -0.4 is 0 Å². The van der Waals surface area contributed by atoms with Gasteiger partial charge in [-0.05, 0) is 31.4 Å². The average molecular weight is 273 g/mol. The van der Waals surface area contributed by atoms with Crippen molar-refractivity contribution < 1.29 is 9.53 Å². The van der Waals surface area contributed by atoms with E-state index in [1.165, 1.54) is 11.1 Å². The van der Waals surface area contributed by atoms with Crippen molar-refractivity contribution in [2.24, 2.45) is 7.05 Å². The van der Waals surface area contributed by atoms with Gasteiger partial charge in [0.2, 0.25) is 0 Å². The second kappa shape index (κ2) is 6.32. The number of aromatic nitrogens is 3.